The second kappa shape index (κ2) is 7.55. The number of hydroxylamine groups is 1. The van der Waals surface area contributed by atoms with Crippen molar-refractivity contribution < 1.29 is 15.3 Å². The highest BCUT2D eigenvalue weighted by Gasteiger charge is 2.39. The number of aliphatic imine (C=N–C) groups is 1. The Bertz CT molecular complexity index is 912. The molecule has 1 aliphatic heterocycles. The van der Waals surface area contributed by atoms with Crippen LogP contribution < -0.4 is 5.06 Å². The highest BCUT2D eigenvalue weighted by molar-refractivity contribution is 6.07. The average Bonchev–Trinajstić information content (AvgIpc) is 2.60. The molecule has 3 rings (SSSR count). The number of nitrogens with zero attached hydrogens (tertiary/aromatic N) is 1. The number of phenols is 1. The Morgan fingerprint density at radius 3 is 2.41 bits per heavy atom. The van der Waals surface area contributed by atoms with E-state index in [1.165, 1.54) is 0 Å². The molecule has 0 saturated carbocycles. The van der Waals surface area contributed by atoms with Crippen LogP contribution in [0.15, 0.2) is 63.9 Å². The third kappa shape index (κ3) is 3.75. The molecule has 1 aromatic carbocycles. The lowest BCUT2D eigenvalue weighted by Crippen LogP contribution is -3.08. The van der Waals surface area contributed by atoms with Gasteiger partial charge in [-0.05, 0) is 63.8 Å². The van der Waals surface area contributed by atoms with Crippen molar-refractivity contribution in [3.8, 4) is 5.75 Å². The van der Waals surface area contributed by atoms with Crippen molar-refractivity contribution in [2.45, 2.75) is 46.6 Å². The first-order chi connectivity index (χ1) is 12.8. The van der Waals surface area contributed by atoms with Gasteiger partial charge in [0.15, 0.2) is 17.5 Å². The molecule has 5 nitrogen and oxygen atoms in total. The molecular formula is C22H26N2O3. The normalized spacial score (nSPS) is 20.6. The Balaban J connectivity index is 2.12. The predicted molar refractivity (Wildman–Crippen MR) is 109 cm³/mol. The van der Waals surface area contributed by atoms with Crippen molar-refractivity contribution >= 4 is 17.1 Å². The largest absolute Gasteiger partial charge is 0.628 e. The van der Waals surface area contributed by atoms with Gasteiger partial charge in [0.05, 0.1) is 0 Å². The van der Waals surface area contributed by atoms with Crippen LogP contribution in [0.25, 0.3) is 0 Å². The molecule has 5 heteroatoms. The lowest BCUT2D eigenvalue weighted by Gasteiger charge is -2.38. The zero-order valence-electron chi connectivity index (χ0n) is 16.2. The molecule has 3 N–H and O–H groups in total. The summed E-state index contributed by atoms with van der Waals surface area (Å²) in [4.78, 5) is 4.64. The van der Waals surface area contributed by atoms with E-state index >= 15 is 0 Å². The predicted octanol–water partition coefficient (Wildman–Crippen LogP) is 4.11. The molecule has 0 aromatic heterocycles. The number of fused-ring (bicyclic) bond motifs is 2. The number of allylic oxidation sites excluding steroid dienone is 6. The van der Waals surface area contributed by atoms with E-state index in [0.29, 0.717) is 24.2 Å². The first-order valence-corrected chi connectivity index (χ1v) is 9.14. The lowest BCUT2D eigenvalue weighted by atomic mass is 9.89. The maximum absolute atomic E-state index is 13.3. The Labute approximate surface area is 159 Å². The number of benzene rings is 1. The maximum Gasteiger partial charge on any atom is 0.200 e. The second-order valence-corrected chi connectivity index (χ2v) is 7.53. The van der Waals surface area contributed by atoms with Gasteiger partial charge in [-0.25, -0.2) is 4.99 Å². The molecule has 0 spiro atoms. The third-order valence-corrected chi connectivity index (χ3v) is 4.82. The SMILES string of the molecule is CC(C)=CCC1=CC=C(O)C2=Nc3c(CC=C(C)C)ccc(O)c3[NH+]([O-])C12. The summed E-state index contributed by atoms with van der Waals surface area (Å²) in [6, 6.07) is 2.70. The van der Waals surface area contributed by atoms with Gasteiger partial charge in [-0.2, -0.15) is 0 Å². The number of nitrogens with one attached hydrogen (secondary N) is 1. The van der Waals surface area contributed by atoms with Gasteiger partial charge in [0, 0.05) is 0 Å². The fourth-order valence-corrected chi connectivity index (χ4v) is 3.35. The lowest BCUT2D eigenvalue weighted by molar-refractivity contribution is -0.788. The summed E-state index contributed by atoms with van der Waals surface area (Å²) in [6.45, 7) is 8.03. The Hall–Kier alpha value is -2.63. The van der Waals surface area contributed by atoms with Crippen LogP contribution in [0.1, 0.15) is 39.7 Å². The molecule has 1 heterocycles. The van der Waals surface area contributed by atoms with Gasteiger partial charge in [-0.3, -0.25) is 0 Å². The van der Waals surface area contributed by atoms with Gasteiger partial charge in [0.2, 0.25) is 0 Å². The second-order valence-electron chi connectivity index (χ2n) is 7.53. The molecular weight excluding hydrogens is 340 g/mol. The van der Waals surface area contributed by atoms with E-state index in [9.17, 15) is 15.4 Å². The Morgan fingerprint density at radius 1 is 1.07 bits per heavy atom. The summed E-state index contributed by atoms with van der Waals surface area (Å²) in [5.41, 5.74) is 5.14. The molecule has 0 fully saturated rings. The number of rotatable bonds is 4. The molecule has 0 radical (unpaired) electrons. The number of aromatic hydroxyl groups is 1. The fraction of sp³-hybridized carbons (Fsp3) is 0.318. The smallest absolute Gasteiger partial charge is 0.200 e. The van der Waals surface area contributed by atoms with Crippen molar-refractivity contribution in [3.05, 3.63) is 69.7 Å². The van der Waals surface area contributed by atoms with Gasteiger partial charge in [-0.15, -0.1) is 0 Å². The standard InChI is InChI=1S/C22H26N2O3/c1-13(2)5-7-15-9-12-18(26)22-19(15)23-20-17(25)11-10-16(8-6-14(3)4)21(20)24(22)27/h5-6,9-12,21,24-26H,7-8H2,1-4H3. The van der Waals surface area contributed by atoms with Crippen molar-refractivity contribution in [2.75, 3.05) is 0 Å². The molecule has 0 saturated heterocycles. The van der Waals surface area contributed by atoms with Crippen LogP contribution in [0.2, 0.25) is 0 Å². The van der Waals surface area contributed by atoms with Crippen LogP contribution in [0, 0.1) is 5.21 Å². The Kier molecular flexibility index (Phi) is 5.35. The van der Waals surface area contributed by atoms with Crippen LogP contribution >= 0.6 is 0 Å². The minimum Gasteiger partial charge on any atom is -0.628 e. The highest BCUT2D eigenvalue weighted by atomic mass is 16.5. The van der Waals surface area contributed by atoms with Crippen molar-refractivity contribution in [3.63, 3.8) is 0 Å². The number of hydrogen-bond donors (Lipinski definition) is 3. The number of quaternary nitrogens is 1. The van der Waals surface area contributed by atoms with Crippen LogP contribution in [-0.2, 0) is 6.42 Å². The molecule has 2 atom stereocenters. The van der Waals surface area contributed by atoms with E-state index in [1.54, 1.807) is 24.3 Å². The van der Waals surface area contributed by atoms with Gasteiger partial charge < -0.3 is 20.5 Å². The molecule has 142 valence electrons. The number of hydrogen-bond acceptors (Lipinski definition) is 4. The molecule has 0 amide bonds. The number of aliphatic hydroxyl groups is 1. The van der Waals surface area contributed by atoms with Crippen molar-refractivity contribution in [1.82, 2.24) is 0 Å². The summed E-state index contributed by atoms with van der Waals surface area (Å²) >= 11 is 0. The zero-order chi connectivity index (χ0) is 19.7. The summed E-state index contributed by atoms with van der Waals surface area (Å²) < 4.78 is 0. The monoisotopic (exact) mass is 366 g/mol. The fourth-order valence-electron chi connectivity index (χ4n) is 3.35. The first-order valence-electron chi connectivity index (χ1n) is 9.14. The summed E-state index contributed by atoms with van der Waals surface area (Å²) in [7, 11) is 0. The van der Waals surface area contributed by atoms with Crippen LogP contribution in [-0.4, -0.2) is 22.0 Å². The minimum atomic E-state index is -0.650. The zero-order valence-corrected chi connectivity index (χ0v) is 16.2. The third-order valence-electron chi connectivity index (χ3n) is 4.82. The number of phenolic OH excluding ortho intramolecular Hbond substituents is 1. The van der Waals surface area contributed by atoms with E-state index < -0.39 is 6.04 Å². The van der Waals surface area contributed by atoms with Crippen molar-refractivity contribution in [2.24, 2.45) is 4.99 Å². The summed E-state index contributed by atoms with van der Waals surface area (Å²) in [5.74, 6) is -0.0502. The molecule has 1 aromatic rings. The Morgan fingerprint density at radius 2 is 1.74 bits per heavy atom. The van der Waals surface area contributed by atoms with Gasteiger partial charge in [0.25, 0.3) is 0 Å². The maximum atomic E-state index is 13.3. The molecule has 0 bridgehead atoms. The van der Waals surface area contributed by atoms with Crippen molar-refractivity contribution in [1.29, 1.82) is 0 Å². The molecule has 1 aliphatic carbocycles. The first kappa shape index (κ1) is 19.1. The average molecular weight is 366 g/mol. The molecule has 27 heavy (non-hydrogen) atoms. The van der Waals surface area contributed by atoms with Crippen LogP contribution in [0.4, 0.5) is 11.4 Å². The van der Waals surface area contributed by atoms with Crippen LogP contribution in [0.5, 0.6) is 5.75 Å². The molecule has 2 aliphatic rings. The van der Waals surface area contributed by atoms with Crippen LogP contribution in [0.3, 0.4) is 0 Å². The highest BCUT2D eigenvalue weighted by Crippen LogP contribution is 2.39. The quantitative estimate of drug-likeness (QED) is 0.426. The van der Waals surface area contributed by atoms with E-state index in [0.717, 1.165) is 22.3 Å². The van der Waals surface area contributed by atoms with Gasteiger partial charge in [0.1, 0.15) is 17.2 Å². The van der Waals surface area contributed by atoms with E-state index in [2.05, 4.69) is 11.1 Å². The van der Waals surface area contributed by atoms with E-state index in [1.807, 2.05) is 33.8 Å². The van der Waals surface area contributed by atoms with E-state index in [-0.39, 0.29) is 22.3 Å². The number of aliphatic hydroxyl groups excluding tert-OH is 1. The summed E-state index contributed by atoms with van der Waals surface area (Å²) in [6.07, 6.45) is 8.71. The minimum absolute atomic E-state index is 0.0106. The van der Waals surface area contributed by atoms with Gasteiger partial charge >= 0.3 is 0 Å². The summed E-state index contributed by atoms with van der Waals surface area (Å²) in [5, 5.41) is 33.8. The topological polar surface area (TPSA) is 80.3 Å². The van der Waals surface area contributed by atoms with E-state index in [4.69, 9.17) is 0 Å². The van der Waals surface area contributed by atoms with Gasteiger partial charge in [-0.1, -0.05) is 35.4 Å². The molecule has 2 unspecified atom stereocenters.